The smallest absolute Gasteiger partial charge is 0.405 e. The summed E-state index contributed by atoms with van der Waals surface area (Å²) in [6, 6.07) is 7.22. The van der Waals surface area contributed by atoms with Crippen LogP contribution in [0, 0.1) is 5.92 Å². The third-order valence-corrected chi connectivity index (χ3v) is 4.95. The Morgan fingerprint density at radius 2 is 2.00 bits per heavy atom. The van der Waals surface area contributed by atoms with Crippen molar-refractivity contribution < 1.29 is 19.8 Å². The third kappa shape index (κ3) is 4.35. The van der Waals surface area contributed by atoms with Gasteiger partial charge in [0.25, 0.3) is 0 Å². The third-order valence-electron chi connectivity index (χ3n) is 4.95. The molecule has 5 N–H and O–H groups in total. The maximum absolute atomic E-state index is 12.9. The van der Waals surface area contributed by atoms with Gasteiger partial charge in [0.15, 0.2) is 0 Å². The van der Waals surface area contributed by atoms with Crippen molar-refractivity contribution in [3.63, 3.8) is 0 Å². The van der Waals surface area contributed by atoms with E-state index in [2.05, 4.69) is 15.6 Å². The number of carbonyl (C=O) groups excluding carboxylic acids is 1. The van der Waals surface area contributed by atoms with Gasteiger partial charge in [-0.1, -0.05) is 38.5 Å². The molecule has 7 heteroatoms. The maximum Gasteiger partial charge on any atom is 0.405 e. The minimum atomic E-state index is -1.36. The highest BCUT2D eigenvalue weighted by Gasteiger charge is 2.37. The molecule has 0 aliphatic rings. The van der Waals surface area contributed by atoms with Gasteiger partial charge in [0, 0.05) is 23.5 Å². The van der Waals surface area contributed by atoms with Crippen LogP contribution >= 0.6 is 0 Å². The number of fused-ring (bicyclic) bond motifs is 1. The standard InChI is InChI=1S/C19H27N3O4/c1-4-12(2)16(11-23)21-17(24)19(3,22-18(25)26)9-13-10-20-15-8-6-5-7-14(13)15/h5-8,10,12,16,20,22-23H,4,9,11H2,1-3H3,(H,21,24)(H,25,26)/t12?,16?,19-/m0/s1. The molecule has 0 spiro atoms. The number of rotatable bonds is 8. The van der Waals surface area contributed by atoms with Crippen molar-refractivity contribution in [3.05, 3.63) is 36.0 Å². The molecule has 0 fully saturated rings. The normalized spacial score (nSPS) is 15.8. The summed E-state index contributed by atoms with van der Waals surface area (Å²) in [6.07, 6.45) is 1.49. The summed E-state index contributed by atoms with van der Waals surface area (Å²) in [5, 5.41) is 24.9. The Balaban J connectivity index is 2.29. The van der Waals surface area contributed by atoms with Gasteiger partial charge in [-0.15, -0.1) is 0 Å². The summed E-state index contributed by atoms with van der Waals surface area (Å²) < 4.78 is 0. The second kappa shape index (κ2) is 8.23. The molecule has 0 aliphatic heterocycles. The van der Waals surface area contributed by atoms with Gasteiger partial charge >= 0.3 is 6.09 Å². The zero-order chi connectivity index (χ0) is 19.3. The van der Waals surface area contributed by atoms with Crippen LogP contribution in [0.5, 0.6) is 0 Å². The number of aromatic amines is 1. The molecule has 0 bridgehead atoms. The number of hydrogen-bond donors (Lipinski definition) is 5. The minimum absolute atomic E-state index is 0.0751. The van der Waals surface area contributed by atoms with E-state index in [4.69, 9.17) is 0 Å². The van der Waals surface area contributed by atoms with Crippen molar-refractivity contribution in [2.45, 2.75) is 45.2 Å². The fourth-order valence-corrected chi connectivity index (χ4v) is 3.06. The lowest BCUT2D eigenvalue weighted by Gasteiger charge is -2.32. The predicted octanol–water partition coefficient (Wildman–Crippen LogP) is 2.26. The van der Waals surface area contributed by atoms with Crippen LogP contribution in [-0.4, -0.2) is 45.4 Å². The molecule has 2 rings (SSSR count). The molecule has 0 saturated carbocycles. The monoisotopic (exact) mass is 361 g/mol. The van der Waals surface area contributed by atoms with E-state index in [1.54, 1.807) is 13.1 Å². The van der Waals surface area contributed by atoms with Crippen molar-refractivity contribution in [1.29, 1.82) is 0 Å². The highest BCUT2D eigenvalue weighted by atomic mass is 16.4. The Labute approximate surface area is 152 Å². The molecule has 26 heavy (non-hydrogen) atoms. The van der Waals surface area contributed by atoms with E-state index < -0.39 is 23.6 Å². The summed E-state index contributed by atoms with van der Waals surface area (Å²) in [5.74, 6) is -0.379. The number of carbonyl (C=O) groups is 2. The Kier molecular flexibility index (Phi) is 6.26. The summed E-state index contributed by atoms with van der Waals surface area (Å²) in [5.41, 5.74) is 0.405. The van der Waals surface area contributed by atoms with Gasteiger partial charge in [-0.25, -0.2) is 4.79 Å². The van der Waals surface area contributed by atoms with Gasteiger partial charge in [-0.2, -0.15) is 0 Å². The van der Waals surface area contributed by atoms with Crippen LogP contribution in [0.25, 0.3) is 10.9 Å². The van der Waals surface area contributed by atoms with Gasteiger partial charge in [-0.3, -0.25) is 4.79 Å². The highest BCUT2D eigenvalue weighted by Crippen LogP contribution is 2.23. The van der Waals surface area contributed by atoms with Crippen LogP contribution in [0.3, 0.4) is 0 Å². The number of hydrogen-bond acceptors (Lipinski definition) is 3. The molecule has 2 unspecified atom stereocenters. The molecule has 3 atom stereocenters. The van der Waals surface area contributed by atoms with Crippen molar-refractivity contribution in [1.82, 2.24) is 15.6 Å². The van der Waals surface area contributed by atoms with Gasteiger partial charge in [0.2, 0.25) is 5.91 Å². The molecular weight excluding hydrogens is 334 g/mol. The first-order valence-electron chi connectivity index (χ1n) is 8.78. The van der Waals surface area contributed by atoms with Gasteiger partial charge < -0.3 is 25.8 Å². The Morgan fingerprint density at radius 1 is 1.31 bits per heavy atom. The average molecular weight is 361 g/mol. The lowest BCUT2D eigenvalue weighted by atomic mass is 9.90. The number of aliphatic hydroxyl groups is 1. The first kappa shape index (κ1) is 19.8. The van der Waals surface area contributed by atoms with Crippen LogP contribution in [0.1, 0.15) is 32.8 Å². The minimum Gasteiger partial charge on any atom is -0.465 e. The van der Waals surface area contributed by atoms with Gasteiger partial charge in [-0.05, 0) is 24.5 Å². The summed E-state index contributed by atoms with van der Waals surface area (Å²) >= 11 is 0. The number of nitrogens with one attached hydrogen (secondary N) is 3. The van der Waals surface area contributed by atoms with E-state index in [-0.39, 0.29) is 18.9 Å². The van der Waals surface area contributed by atoms with E-state index >= 15 is 0 Å². The average Bonchev–Trinajstić information content (AvgIpc) is 3.00. The van der Waals surface area contributed by atoms with Crippen molar-refractivity contribution in [2.75, 3.05) is 6.61 Å². The Morgan fingerprint density at radius 3 is 2.62 bits per heavy atom. The van der Waals surface area contributed by atoms with E-state index in [9.17, 15) is 19.8 Å². The van der Waals surface area contributed by atoms with Crippen molar-refractivity contribution in [2.24, 2.45) is 5.92 Å². The first-order valence-corrected chi connectivity index (χ1v) is 8.78. The molecule has 7 nitrogen and oxygen atoms in total. The zero-order valence-electron chi connectivity index (χ0n) is 15.4. The summed E-state index contributed by atoms with van der Waals surface area (Å²) in [6.45, 7) is 5.27. The number of benzene rings is 1. The molecule has 1 aromatic heterocycles. The molecule has 142 valence electrons. The molecule has 1 aromatic carbocycles. The molecule has 2 aromatic rings. The highest BCUT2D eigenvalue weighted by molar-refractivity contribution is 5.91. The predicted molar refractivity (Wildman–Crippen MR) is 100 cm³/mol. The number of H-pyrrole nitrogens is 1. The molecule has 0 radical (unpaired) electrons. The van der Waals surface area contributed by atoms with E-state index in [1.165, 1.54) is 0 Å². The van der Waals surface area contributed by atoms with Gasteiger partial charge in [0.05, 0.1) is 12.6 Å². The van der Waals surface area contributed by atoms with Crippen LogP contribution in [0.2, 0.25) is 0 Å². The summed E-state index contributed by atoms with van der Waals surface area (Å²) in [7, 11) is 0. The number of carboxylic acid groups (broad SMARTS) is 1. The van der Waals surface area contributed by atoms with E-state index in [1.807, 2.05) is 38.1 Å². The molecule has 1 heterocycles. The number of aromatic nitrogens is 1. The second-order valence-electron chi connectivity index (χ2n) is 6.95. The van der Waals surface area contributed by atoms with E-state index in [0.29, 0.717) is 0 Å². The molecule has 0 saturated heterocycles. The van der Waals surface area contributed by atoms with Gasteiger partial charge in [0.1, 0.15) is 5.54 Å². The number of aliphatic hydroxyl groups excluding tert-OH is 1. The number of amides is 2. The molecular formula is C19H27N3O4. The lowest BCUT2D eigenvalue weighted by Crippen LogP contribution is -2.60. The molecule has 2 amide bonds. The topological polar surface area (TPSA) is 114 Å². The number of para-hydroxylation sites is 1. The van der Waals surface area contributed by atoms with Crippen LogP contribution in [0.15, 0.2) is 30.5 Å². The van der Waals surface area contributed by atoms with Crippen LogP contribution < -0.4 is 10.6 Å². The quantitative estimate of drug-likeness (QED) is 0.496. The SMILES string of the molecule is CCC(C)C(CO)NC(=O)[C@](C)(Cc1c[nH]c2ccccc12)NC(=O)O. The van der Waals surface area contributed by atoms with Crippen LogP contribution in [-0.2, 0) is 11.2 Å². The zero-order valence-corrected chi connectivity index (χ0v) is 15.4. The summed E-state index contributed by atoms with van der Waals surface area (Å²) in [4.78, 5) is 27.3. The van der Waals surface area contributed by atoms with Crippen molar-refractivity contribution in [3.8, 4) is 0 Å². The Bertz CT molecular complexity index is 773. The second-order valence-corrected chi connectivity index (χ2v) is 6.95. The van der Waals surface area contributed by atoms with Crippen LogP contribution in [0.4, 0.5) is 4.79 Å². The largest absolute Gasteiger partial charge is 0.465 e. The Hall–Kier alpha value is -2.54. The first-order chi connectivity index (χ1) is 12.3. The maximum atomic E-state index is 12.9. The van der Waals surface area contributed by atoms with Crippen molar-refractivity contribution >= 4 is 22.9 Å². The lowest BCUT2D eigenvalue weighted by molar-refractivity contribution is -0.128. The molecule has 0 aliphatic carbocycles. The fourth-order valence-electron chi connectivity index (χ4n) is 3.06. The van der Waals surface area contributed by atoms with E-state index in [0.717, 1.165) is 22.9 Å². The fraction of sp³-hybridized carbons (Fsp3) is 0.474.